The van der Waals surface area contributed by atoms with Gasteiger partial charge in [0.25, 0.3) is 0 Å². The highest BCUT2D eigenvalue weighted by Crippen LogP contribution is 2.23. The van der Waals surface area contributed by atoms with E-state index >= 15 is 0 Å². The average molecular weight is 241 g/mol. The molecule has 17 heavy (non-hydrogen) atoms. The van der Waals surface area contributed by atoms with Gasteiger partial charge in [0.15, 0.2) is 0 Å². The molecule has 4 heteroatoms. The van der Waals surface area contributed by atoms with Gasteiger partial charge in [0.05, 0.1) is 0 Å². The lowest BCUT2D eigenvalue weighted by atomic mass is 10.1. The van der Waals surface area contributed by atoms with E-state index in [1.165, 1.54) is 0 Å². The SMILES string of the molecule is CC(=O)CCC1CCCN1C(=O)OC(C)(C)C. The topological polar surface area (TPSA) is 46.6 Å². The van der Waals surface area contributed by atoms with Crippen molar-refractivity contribution in [1.82, 2.24) is 4.90 Å². The molecular formula is C13H23NO3. The van der Waals surface area contributed by atoms with Gasteiger partial charge in [-0.3, -0.25) is 0 Å². The molecule has 98 valence electrons. The summed E-state index contributed by atoms with van der Waals surface area (Å²) in [5.74, 6) is 0.182. The maximum Gasteiger partial charge on any atom is 0.410 e. The minimum absolute atomic E-state index is 0.175. The smallest absolute Gasteiger partial charge is 0.410 e. The van der Waals surface area contributed by atoms with Crippen molar-refractivity contribution in [3.05, 3.63) is 0 Å². The molecule has 1 heterocycles. The summed E-state index contributed by atoms with van der Waals surface area (Å²) in [6.45, 7) is 7.94. The summed E-state index contributed by atoms with van der Waals surface area (Å²) in [5, 5.41) is 0. The maximum atomic E-state index is 11.9. The summed E-state index contributed by atoms with van der Waals surface area (Å²) in [5.41, 5.74) is -0.454. The molecule has 0 aromatic carbocycles. The third-order valence-electron chi connectivity index (χ3n) is 2.83. The minimum Gasteiger partial charge on any atom is -0.444 e. The molecule has 0 bridgehead atoms. The number of amides is 1. The first-order valence-corrected chi connectivity index (χ1v) is 6.28. The van der Waals surface area contributed by atoms with Crippen molar-refractivity contribution in [2.45, 2.75) is 65.0 Å². The summed E-state index contributed by atoms with van der Waals surface area (Å²) in [7, 11) is 0. The van der Waals surface area contributed by atoms with Crippen molar-refractivity contribution in [3.63, 3.8) is 0 Å². The van der Waals surface area contributed by atoms with Crippen molar-refractivity contribution >= 4 is 11.9 Å². The second kappa shape index (κ2) is 5.52. The van der Waals surface area contributed by atoms with Crippen molar-refractivity contribution in [2.75, 3.05) is 6.54 Å². The summed E-state index contributed by atoms with van der Waals surface area (Å²) >= 11 is 0. The Kier molecular flexibility index (Phi) is 4.54. The number of hydrogen-bond donors (Lipinski definition) is 0. The third-order valence-corrected chi connectivity index (χ3v) is 2.83. The van der Waals surface area contributed by atoms with E-state index in [1.807, 2.05) is 20.8 Å². The summed E-state index contributed by atoms with van der Waals surface area (Å²) in [4.78, 5) is 24.7. The molecule has 1 rings (SSSR count). The normalized spacial score (nSPS) is 20.5. The number of hydrogen-bond acceptors (Lipinski definition) is 3. The molecule has 1 fully saturated rings. The maximum absolute atomic E-state index is 11.9. The van der Waals surface area contributed by atoms with Crippen LogP contribution in [-0.2, 0) is 9.53 Å². The van der Waals surface area contributed by atoms with Crippen LogP contribution in [0.1, 0.15) is 53.4 Å². The number of carbonyl (C=O) groups excluding carboxylic acids is 2. The molecule has 0 N–H and O–H groups in total. The van der Waals surface area contributed by atoms with Gasteiger partial charge < -0.3 is 14.4 Å². The van der Waals surface area contributed by atoms with Gasteiger partial charge >= 0.3 is 6.09 Å². The van der Waals surface area contributed by atoms with Crippen molar-refractivity contribution < 1.29 is 14.3 Å². The Morgan fingerprint density at radius 3 is 2.53 bits per heavy atom. The molecule has 1 saturated heterocycles. The van der Waals surface area contributed by atoms with E-state index in [9.17, 15) is 9.59 Å². The number of likely N-dealkylation sites (tertiary alicyclic amines) is 1. The Morgan fingerprint density at radius 2 is 2.00 bits per heavy atom. The molecule has 0 saturated carbocycles. The molecule has 0 aromatic heterocycles. The van der Waals surface area contributed by atoms with Crippen LogP contribution in [0.15, 0.2) is 0 Å². The first-order valence-electron chi connectivity index (χ1n) is 6.28. The number of rotatable bonds is 3. The number of Topliss-reactive ketones (excluding diaryl/α,β-unsaturated/α-hetero) is 1. The van der Waals surface area contributed by atoms with Crippen LogP contribution in [0.2, 0.25) is 0 Å². The molecule has 1 amide bonds. The lowest BCUT2D eigenvalue weighted by molar-refractivity contribution is -0.117. The lowest BCUT2D eigenvalue weighted by Crippen LogP contribution is -2.39. The monoisotopic (exact) mass is 241 g/mol. The second-order valence-electron chi connectivity index (χ2n) is 5.71. The Bertz CT molecular complexity index is 294. The standard InChI is InChI=1S/C13H23NO3/c1-10(15)7-8-11-6-5-9-14(11)12(16)17-13(2,3)4/h11H,5-9H2,1-4H3. The molecule has 0 spiro atoms. The quantitative estimate of drug-likeness (QED) is 0.763. The van der Waals surface area contributed by atoms with E-state index in [-0.39, 0.29) is 17.9 Å². The summed E-state index contributed by atoms with van der Waals surface area (Å²) in [6.07, 6.45) is 3.04. The van der Waals surface area contributed by atoms with Crippen molar-refractivity contribution in [1.29, 1.82) is 0 Å². The van der Waals surface area contributed by atoms with E-state index in [0.29, 0.717) is 6.42 Å². The number of carbonyl (C=O) groups is 2. The van der Waals surface area contributed by atoms with Crippen molar-refractivity contribution in [3.8, 4) is 0 Å². The van der Waals surface area contributed by atoms with Gasteiger partial charge in [-0.05, 0) is 47.0 Å². The lowest BCUT2D eigenvalue weighted by Gasteiger charge is -2.28. The van der Waals surface area contributed by atoms with Gasteiger partial charge in [-0.25, -0.2) is 4.79 Å². The van der Waals surface area contributed by atoms with Crippen LogP contribution < -0.4 is 0 Å². The van der Waals surface area contributed by atoms with Gasteiger partial charge in [-0.15, -0.1) is 0 Å². The highest BCUT2D eigenvalue weighted by Gasteiger charge is 2.31. The molecule has 0 radical (unpaired) electrons. The molecule has 1 aliphatic rings. The Balaban J connectivity index is 2.51. The highest BCUT2D eigenvalue weighted by molar-refractivity contribution is 5.75. The zero-order chi connectivity index (χ0) is 13.1. The molecule has 0 aromatic rings. The van der Waals surface area contributed by atoms with Crippen LogP contribution in [0.3, 0.4) is 0 Å². The van der Waals surface area contributed by atoms with Gasteiger partial charge in [0.1, 0.15) is 11.4 Å². The highest BCUT2D eigenvalue weighted by atomic mass is 16.6. The predicted molar refractivity (Wildman–Crippen MR) is 65.9 cm³/mol. The average Bonchev–Trinajstić information content (AvgIpc) is 2.59. The second-order valence-corrected chi connectivity index (χ2v) is 5.71. The van der Waals surface area contributed by atoms with E-state index in [0.717, 1.165) is 25.8 Å². The Labute approximate surface area is 103 Å². The largest absolute Gasteiger partial charge is 0.444 e. The van der Waals surface area contributed by atoms with E-state index in [4.69, 9.17) is 4.74 Å². The van der Waals surface area contributed by atoms with Gasteiger partial charge in [0.2, 0.25) is 0 Å². The molecule has 1 unspecified atom stereocenters. The Hall–Kier alpha value is -1.06. The zero-order valence-electron chi connectivity index (χ0n) is 11.3. The first kappa shape index (κ1) is 14.0. The number of nitrogens with zero attached hydrogens (tertiary/aromatic N) is 1. The van der Waals surface area contributed by atoms with Gasteiger partial charge in [-0.2, -0.15) is 0 Å². The zero-order valence-corrected chi connectivity index (χ0v) is 11.3. The van der Waals surface area contributed by atoms with Crippen LogP contribution >= 0.6 is 0 Å². The van der Waals surface area contributed by atoms with Crippen LogP contribution in [0.25, 0.3) is 0 Å². The molecule has 0 aliphatic carbocycles. The van der Waals surface area contributed by atoms with E-state index in [2.05, 4.69) is 0 Å². The van der Waals surface area contributed by atoms with Gasteiger partial charge in [-0.1, -0.05) is 0 Å². The van der Waals surface area contributed by atoms with Crippen LogP contribution in [-0.4, -0.2) is 35.0 Å². The number of ketones is 1. The first-order chi connectivity index (χ1) is 7.79. The van der Waals surface area contributed by atoms with E-state index in [1.54, 1.807) is 11.8 Å². The van der Waals surface area contributed by atoms with Crippen LogP contribution in [0, 0.1) is 0 Å². The third kappa shape index (κ3) is 4.75. The van der Waals surface area contributed by atoms with Crippen LogP contribution in [0.4, 0.5) is 4.79 Å². The summed E-state index contributed by atoms with van der Waals surface area (Å²) in [6, 6.07) is 0.175. The Morgan fingerprint density at radius 1 is 1.35 bits per heavy atom. The molecular weight excluding hydrogens is 218 g/mol. The predicted octanol–water partition coefficient (Wildman–Crippen LogP) is 2.76. The molecule has 4 nitrogen and oxygen atoms in total. The fourth-order valence-electron chi connectivity index (χ4n) is 2.07. The number of ether oxygens (including phenoxy) is 1. The van der Waals surface area contributed by atoms with Gasteiger partial charge in [0, 0.05) is 19.0 Å². The summed E-state index contributed by atoms with van der Waals surface area (Å²) < 4.78 is 5.36. The fourth-order valence-corrected chi connectivity index (χ4v) is 2.07. The van der Waals surface area contributed by atoms with E-state index < -0.39 is 5.60 Å². The van der Waals surface area contributed by atoms with Crippen LogP contribution in [0.5, 0.6) is 0 Å². The van der Waals surface area contributed by atoms with Crippen molar-refractivity contribution in [2.24, 2.45) is 0 Å². The fraction of sp³-hybridized carbons (Fsp3) is 0.846. The minimum atomic E-state index is -0.454. The molecule has 1 atom stereocenters. The molecule has 1 aliphatic heterocycles.